The first-order valence-electron chi connectivity index (χ1n) is 5.10. The van der Waals surface area contributed by atoms with Crippen LogP contribution in [-0.2, 0) is 0 Å². The smallest absolute Gasteiger partial charge is 0.125 e. The summed E-state index contributed by atoms with van der Waals surface area (Å²) >= 11 is 0. The van der Waals surface area contributed by atoms with Crippen molar-refractivity contribution in [2.24, 2.45) is 5.92 Å². The molecule has 0 N–H and O–H groups in total. The van der Waals surface area contributed by atoms with Gasteiger partial charge < -0.3 is 0 Å². The zero-order valence-corrected chi connectivity index (χ0v) is 9.20. The predicted molar refractivity (Wildman–Crippen MR) is 59.2 cm³/mol. The maximum absolute atomic E-state index is 4.21. The molecule has 0 aliphatic carbocycles. The molecule has 14 heavy (non-hydrogen) atoms. The molecule has 0 fully saturated rings. The van der Waals surface area contributed by atoms with Crippen LogP contribution in [0.15, 0.2) is 25.0 Å². The highest BCUT2D eigenvalue weighted by atomic mass is 14.8. The minimum atomic E-state index is 0.376. The van der Waals surface area contributed by atoms with E-state index in [0.29, 0.717) is 11.8 Å². The van der Waals surface area contributed by atoms with Gasteiger partial charge in [0.15, 0.2) is 0 Å². The number of allylic oxidation sites excluding steroid dienone is 1. The number of nitrogens with zero attached hydrogens (tertiary/aromatic N) is 2. The molecule has 0 aromatic carbocycles. The minimum Gasteiger partial charge on any atom is -0.241 e. The van der Waals surface area contributed by atoms with Gasteiger partial charge in [-0.25, -0.2) is 9.97 Å². The topological polar surface area (TPSA) is 25.8 Å². The highest BCUT2D eigenvalue weighted by Crippen LogP contribution is 2.26. The van der Waals surface area contributed by atoms with Crippen LogP contribution in [0.4, 0.5) is 0 Å². The van der Waals surface area contributed by atoms with E-state index >= 15 is 0 Å². The molecule has 1 rings (SSSR count). The van der Waals surface area contributed by atoms with E-state index in [1.165, 1.54) is 5.56 Å². The van der Waals surface area contributed by atoms with Crippen LogP contribution in [0.25, 0.3) is 0 Å². The Labute approximate surface area is 86.1 Å². The van der Waals surface area contributed by atoms with Gasteiger partial charge in [0, 0.05) is 18.3 Å². The van der Waals surface area contributed by atoms with Crippen LogP contribution in [-0.4, -0.2) is 9.97 Å². The van der Waals surface area contributed by atoms with Crippen LogP contribution in [0.5, 0.6) is 0 Å². The molecule has 2 unspecified atom stereocenters. The Morgan fingerprint density at radius 3 is 2.43 bits per heavy atom. The molecular formula is C12H18N2. The quantitative estimate of drug-likeness (QED) is 0.682. The fourth-order valence-corrected chi connectivity index (χ4v) is 1.53. The Morgan fingerprint density at radius 2 is 2.00 bits per heavy atom. The maximum Gasteiger partial charge on any atom is 0.125 e. The number of hydrogen-bond donors (Lipinski definition) is 0. The molecule has 2 heteroatoms. The second-order valence-electron chi connectivity index (χ2n) is 3.71. The van der Waals surface area contributed by atoms with E-state index in [2.05, 4.69) is 30.4 Å². The Balaban J connectivity index is 2.89. The highest BCUT2D eigenvalue weighted by Gasteiger charge is 2.14. The van der Waals surface area contributed by atoms with Gasteiger partial charge >= 0.3 is 0 Å². The summed E-state index contributed by atoms with van der Waals surface area (Å²) in [5, 5.41) is 0. The summed E-state index contributed by atoms with van der Waals surface area (Å²) < 4.78 is 0. The zero-order chi connectivity index (χ0) is 10.6. The number of rotatable bonds is 4. The van der Waals surface area contributed by atoms with E-state index in [1.54, 1.807) is 0 Å². The fraction of sp³-hybridized carbons (Fsp3) is 0.500. The average Bonchev–Trinajstić information content (AvgIpc) is 2.21. The molecule has 0 amide bonds. The molecule has 1 aromatic heterocycles. The van der Waals surface area contributed by atoms with Crippen molar-refractivity contribution in [1.82, 2.24) is 9.97 Å². The second kappa shape index (κ2) is 4.89. The summed E-state index contributed by atoms with van der Waals surface area (Å²) in [4.78, 5) is 8.41. The third-order valence-corrected chi connectivity index (χ3v) is 2.70. The molecule has 0 saturated carbocycles. The first kappa shape index (κ1) is 10.9. The zero-order valence-electron chi connectivity index (χ0n) is 9.20. The molecular weight excluding hydrogens is 172 g/mol. The van der Waals surface area contributed by atoms with Crippen molar-refractivity contribution in [3.63, 3.8) is 0 Å². The molecule has 0 aliphatic heterocycles. The Kier molecular flexibility index (Phi) is 3.81. The first-order chi connectivity index (χ1) is 6.69. The van der Waals surface area contributed by atoms with E-state index in [4.69, 9.17) is 0 Å². The van der Waals surface area contributed by atoms with E-state index in [9.17, 15) is 0 Å². The molecule has 76 valence electrons. The third kappa shape index (κ3) is 2.41. The first-order valence-corrected chi connectivity index (χ1v) is 5.10. The number of hydrogen-bond acceptors (Lipinski definition) is 2. The van der Waals surface area contributed by atoms with E-state index in [1.807, 2.05) is 25.4 Å². The highest BCUT2D eigenvalue weighted by molar-refractivity contribution is 5.17. The Hall–Kier alpha value is -1.18. The van der Waals surface area contributed by atoms with Gasteiger partial charge in [0.2, 0.25) is 0 Å². The van der Waals surface area contributed by atoms with Crippen molar-refractivity contribution in [1.29, 1.82) is 0 Å². The van der Waals surface area contributed by atoms with E-state index < -0.39 is 0 Å². The van der Waals surface area contributed by atoms with Crippen LogP contribution < -0.4 is 0 Å². The lowest BCUT2D eigenvalue weighted by atomic mass is 9.87. The molecule has 1 aromatic rings. The molecule has 0 spiro atoms. The molecule has 2 nitrogen and oxygen atoms in total. The number of aryl methyl sites for hydroxylation is 1. The molecule has 0 radical (unpaired) electrons. The SMILES string of the molecule is C=CC(c1cnc(C)nc1)C(C)CC. The average molecular weight is 190 g/mol. The summed E-state index contributed by atoms with van der Waals surface area (Å²) in [5.74, 6) is 1.79. The summed E-state index contributed by atoms with van der Waals surface area (Å²) in [6.45, 7) is 10.2. The normalized spacial score (nSPS) is 14.8. The van der Waals surface area contributed by atoms with Gasteiger partial charge in [-0.2, -0.15) is 0 Å². The second-order valence-corrected chi connectivity index (χ2v) is 3.71. The molecule has 0 bridgehead atoms. The lowest BCUT2D eigenvalue weighted by Gasteiger charge is -2.18. The largest absolute Gasteiger partial charge is 0.241 e. The van der Waals surface area contributed by atoms with Crippen LogP contribution in [0, 0.1) is 12.8 Å². The summed E-state index contributed by atoms with van der Waals surface area (Å²) in [5.41, 5.74) is 1.17. The van der Waals surface area contributed by atoms with Crippen molar-refractivity contribution >= 4 is 0 Å². The Bertz CT molecular complexity index is 290. The van der Waals surface area contributed by atoms with Crippen LogP contribution in [0.1, 0.15) is 37.6 Å². The van der Waals surface area contributed by atoms with Crippen molar-refractivity contribution in [2.75, 3.05) is 0 Å². The van der Waals surface area contributed by atoms with Crippen molar-refractivity contribution in [2.45, 2.75) is 33.1 Å². The Morgan fingerprint density at radius 1 is 1.43 bits per heavy atom. The van der Waals surface area contributed by atoms with Crippen LogP contribution in [0.3, 0.4) is 0 Å². The maximum atomic E-state index is 4.21. The monoisotopic (exact) mass is 190 g/mol. The van der Waals surface area contributed by atoms with Crippen molar-refractivity contribution in [3.05, 3.63) is 36.4 Å². The molecule has 1 heterocycles. The van der Waals surface area contributed by atoms with Crippen LogP contribution in [0.2, 0.25) is 0 Å². The van der Waals surface area contributed by atoms with Gasteiger partial charge in [-0.3, -0.25) is 0 Å². The third-order valence-electron chi connectivity index (χ3n) is 2.70. The lowest BCUT2D eigenvalue weighted by molar-refractivity contribution is 0.505. The van der Waals surface area contributed by atoms with Gasteiger partial charge in [0.25, 0.3) is 0 Å². The lowest BCUT2D eigenvalue weighted by Crippen LogP contribution is -2.07. The number of aromatic nitrogens is 2. The van der Waals surface area contributed by atoms with Crippen molar-refractivity contribution in [3.8, 4) is 0 Å². The molecule has 2 atom stereocenters. The van der Waals surface area contributed by atoms with E-state index in [-0.39, 0.29) is 0 Å². The summed E-state index contributed by atoms with van der Waals surface area (Å²) in [7, 11) is 0. The van der Waals surface area contributed by atoms with Gasteiger partial charge in [0.05, 0.1) is 0 Å². The van der Waals surface area contributed by atoms with Gasteiger partial charge in [0.1, 0.15) is 5.82 Å². The summed E-state index contributed by atoms with van der Waals surface area (Å²) in [6.07, 6.45) is 6.94. The standard InChI is InChI=1S/C12H18N2/c1-5-9(3)12(6-2)11-7-13-10(4)14-8-11/h6-9,12H,2,5H2,1,3-4H3. The van der Waals surface area contributed by atoms with E-state index in [0.717, 1.165) is 12.2 Å². The van der Waals surface area contributed by atoms with Gasteiger partial charge in [-0.05, 0) is 18.4 Å². The molecule has 0 saturated heterocycles. The minimum absolute atomic E-state index is 0.376. The van der Waals surface area contributed by atoms with Crippen LogP contribution >= 0.6 is 0 Å². The predicted octanol–water partition coefficient (Wildman–Crippen LogP) is 3.10. The fourth-order valence-electron chi connectivity index (χ4n) is 1.53. The van der Waals surface area contributed by atoms with Crippen molar-refractivity contribution < 1.29 is 0 Å². The molecule has 0 aliphatic rings. The summed E-state index contributed by atoms with van der Waals surface area (Å²) in [6, 6.07) is 0. The van der Waals surface area contributed by atoms with Gasteiger partial charge in [-0.1, -0.05) is 26.3 Å². The van der Waals surface area contributed by atoms with Gasteiger partial charge in [-0.15, -0.1) is 6.58 Å².